The summed E-state index contributed by atoms with van der Waals surface area (Å²) in [6, 6.07) is 9.64. The number of nitrogens with one attached hydrogen (secondary N) is 2. The Morgan fingerprint density at radius 3 is 2.33 bits per heavy atom. The fourth-order valence-corrected chi connectivity index (χ4v) is 2.20. The van der Waals surface area contributed by atoms with Gasteiger partial charge in [0, 0.05) is 6.42 Å². The maximum atomic E-state index is 12.4. The van der Waals surface area contributed by atoms with Gasteiger partial charge in [-0.2, -0.15) is 0 Å². The maximum absolute atomic E-state index is 12.4. The third-order valence-corrected chi connectivity index (χ3v) is 3.32. The predicted octanol–water partition coefficient (Wildman–Crippen LogP) is 2.42. The molecule has 0 heterocycles. The lowest BCUT2D eigenvalue weighted by Crippen LogP contribution is -2.40. The molecule has 1 unspecified atom stereocenters. The molecule has 0 fully saturated rings. The smallest absolute Gasteiger partial charge is 0.233 e. The third kappa shape index (κ3) is 7.03. The van der Waals surface area contributed by atoms with E-state index in [2.05, 4.69) is 34.3 Å². The zero-order valence-corrected chi connectivity index (χ0v) is 14.5. The summed E-state index contributed by atoms with van der Waals surface area (Å²) in [7, 11) is 0. The minimum absolute atomic E-state index is 0.0700. The van der Waals surface area contributed by atoms with E-state index in [1.165, 1.54) is 0 Å². The number of carbonyl (C=O) groups is 2. The van der Waals surface area contributed by atoms with Crippen LogP contribution in [0, 0.1) is 29.6 Å². The number of hydrogen-bond acceptors (Lipinski definition) is 2. The SMILES string of the molecule is CCC#CC#CCC(=O)NCNC(=O)C(c1ccccc1)C(C)C. The molecule has 0 aliphatic carbocycles. The zero-order valence-electron chi connectivity index (χ0n) is 14.5. The Bertz CT molecular complexity index is 658. The van der Waals surface area contributed by atoms with Crippen molar-refractivity contribution >= 4 is 11.8 Å². The molecule has 0 bridgehead atoms. The van der Waals surface area contributed by atoms with Crippen molar-refractivity contribution in [2.24, 2.45) is 5.92 Å². The fourth-order valence-electron chi connectivity index (χ4n) is 2.20. The van der Waals surface area contributed by atoms with Crippen LogP contribution in [0.1, 0.15) is 45.1 Å². The van der Waals surface area contributed by atoms with Crippen LogP contribution in [0.5, 0.6) is 0 Å². The molecule has 0 radical (unpaired) electrons. The molecule has 0 aliphatic rings. The van der Waals surface area contributed by atoms with Crippen LogP contribution in [0.25, 0.3) is 0 Å². The van der Waals surface area contributed by atoms with Crippen molar-refractivity contribution in [2.75, 3.05) is 6.67 Å². The molecule has 24 heavy (non-hydrogen) atoms. The molecule has 4 nitrogen and oxygen atoms in total. The molecule has 2 amide bonds. The highest BCUT2D eigenvalue weighted by Crippen LogP contribution is 2.24. The molecule has 2 N–H and O–H groups in total. The molecule has 126 valence electrons. The maximum Gasteiger partial charge on any atom is 0.233 e. The molecule has 0 aliphatic heterocycles. The minimum Gasteiger partial charge on any atom is -0.338 e. The van der Waals surface area contributed by atoms with Gasteiger partial charge in [-0.25, -0.2) is 0 Å². The van der Waals surface area contributed by atoms with E-state index in [4.69, 9.17) is 0 Å². The molecular formula is C20H24N2O2. The quantitative estimate of drug-likeness (QED) is 0.624. The van der Waals surface area contributed by atoms with Crippen molar-refractivity contribution in [3.05, 3.63) is 35.9 Å². The van der Waals surface area contributed by atoms with Crippen LogP contribution in [0.2, 0.25) is 0 Å². The molecule has 0 spiro atoms. The first-order valence-electron chi connectivity index (χ1n) is 8.11. The van der Waals surface area contributed by atoms with E-state index in [9.17, 15) is 9.59 Å². The number of amides is 2. The zero-order chi connectivity index (χ0) is 17.8. The summed E-state index contributed by atoms with van der Waals surface area (Å²) in [6.45, 7) is 6.03. The van der Waals surface area contributed by atoms with Gasteiger partial charge >= 0.3 is 0 Å². The van der Waals surface area contributed by atoms with Crippen LogP contribution in [-0.4, -0.2) is 18.5 Å². The van der Waals surface area contributed by atoms with Gasteiger partial charge in [-0.15, -0.1) is 0 Å². The minimum atomic E-state index is -0.243. The Morgan fingerprint density at radius 2 is 1.71 bits per heavy atom. The van der Waals surface area contributed by atoms with E-state index >= 15 is 0 Å². The molecule has 1 aromatic rings. The lowest BCUT2D eigenvalue weighted by molar-refractivity contribution is -0.124. The van der Waals surface area contributed by atoms with Crippen molar-refractivity contribution < 1.29 is 9.59 Å². The lowest BCUT2D eigenvalue weighted by atomic mass is 9.88. The predicted molar refractivity (Wildman–Crippen MR) is 95.6 cm³/mol. The summed E-state index contributed by atoms with van der Waals surface area (Å²) in [5, 5.41) is 5.39. The van der Waals surface area contributed by atoms with E-state index in [0.717, 1.165) is 12.0 Å². The van der Waals surface area contributed by atoms with Crippen molar-refractivity contribution in [3.8, 4) is 23.7 Å². The van der Waals surface area contributed by atoms with Gasteiger partial charge < -0.3 is 10.6 Å². The number of carbonyl (C=O) groups excluding carboxylic acids is 2. The lowest BCUT2D eigenvalue weighted by Gasteiger charge is -2.20. The molecule has 4 heteroatoms. The number of hydrogen-bond donors (Lipinski definition) is 2. The van der Waals surface area contributed by atoms with Gasteiger partial charge in [-0.1, -0.05) is 62.9 Å². The van der Waals surface area contributed by atoms with Crippen molar-refractivity contribution in [1.29, 1.82) is 0 Å². The van der Waals surface area contributed by atoms with Crippen LogP contribution in [0.4, 0.5) is 0 Å². The highest BCUT2D eigenvalue weighted by atomic mass is 16.2. The summed E-state index contributed by atoms with van der Waals surface area (Å²) >= 11 is 0. The van der Waals surface area contributed by atoms with Crippen LogP contribution in [0.3, 0.4) is 0 Å². The molecule has 1 atom stereocenters. The summed E-state index contributed by atoms with van der Waals surface area (Å²) in [6.07, 6.45) is 0.811. The fraction of sp³-hybridized carbons (Fsp3) is 0.400. The molecule has 0 aromatic heterocycles. The molecule has 1 rings (SSSR count). The van der Waals surface area contributed by atoms with Crippen molar-refractivity contribution in [3.63, 3.8) is 0 Å². The van der Waals surface area contributed by atoms with E-state index < -0.39 is 0 Å². The Morgan fingerprint density at radius 1 is 1.04 bits per heavy atom. The van der Waals surface area contributed by atoms with E-state index in [1.807, 2.05) is 51.1 Å². The first-order chi connectivity index (χ1) is 11.6. The van der Waals surface area contributed by atoms with Crippen LogP contribution in [0.15, 0.2) is 30.3 Å². The molecule has 0 saturated carbocycles. The average molecular weight is 324 g/mol. The Balaban J connectivity index is 2.46. The first-order valence-corrected chi connectivity index (χ1v) is 8.11. The Hall–Kier alpha value is -2.72. The highest BCUT2D eigenvalue weighted by Gasteiger charge is 2.23. The van der Waals surface area contributed by atoms with Gasteiger partial charge in [0.25, 0.3) is 0 Å². The van der Waals surface area contributed by atoms with Gasteiger partial charge in [0.1, 0.15) is 0 Å². The van der Waals surface area contributed by atoms with Gasteiger partial charge in [0.2, 0.25) is 11.8 Å². The summed E-state index contributed by atoms with van der Waals surface area (Å²) in [5.41, 5.74) is 0.969. The normalized spacial score (nSPS) is 10.7. The summed E-state index contributed by atoms with van der Waals surface area (Å²) in [5.74, 6) is 10.3. The van der Waals surface area contributed by atoms with Crippen LogP contribution < -0.4 is 10.6 Å². The largest absolute Gasteiger partial charge is 0.338 e. The second kappa shape index (κ2) is 10.9. The van der Waals surface area contributed by atoms with E-state index in [0.29, 0.717) is 0 Å². The van der Waals surface area contributed by atoms with Gasteiger partial charge in [-0.3, -0.25) is 9.59 Å². The first kappa shape index (κ1) is 19.3. The van der Waals surface area contributed by atoms with Crippen molar-refractivity contribution in [2.45, 2.75) is 39.5 Å². The average Bonchev–Trinajstić information content (AvgIpc) is 2.55. The van der Waals surface area contributed by atoms with Crippen LogP contribution in [-0.2, 0) is 9.59 Å². The van der Waals surface area contributed by atoms with Gasteiger partial charge in [0.15, 0.2) is 0 Å². The standard InChI is InChI=1S/C20H24N2O2/c1-4-5-6-7-11-14-18(23)21-15-22-20(24)19(16(2)3)17-12-9-8-10-13-17/h8-10,12-13,16,19H,4,14-15H2,1-3H3,(H,21,23)(H,22,24). The summed E-state index contributed by atoms with van der Waals surface area (Å²) < 4.78 is 0. The van der Waals surface area contributed by atoms with Gasteiger partial charge in [-0.05, 0) is 23.3 Å². The highest BCUT2D eigenvalue weighted by molar-refractivity contribution is 5.84. The molecule has 1 aromatic carbocycles. The summed E-state index contributed by atoms with van der Waals surface area (Å²) in [4.78, 5) is 24.0. The Kier molecular flexibility index (Phi) is 8.79. The number of rotatable bonds is 6. The van der Waals surface area contributed by atoms with Crippen molar-refractivity contribution in [1.82, 2.24) is 10.6 Å². The third-order valence-electron chi connectivity index (χ3n) is 3.32. The molecular weight excluding hydrogens is 300 g/mol. The van der Waals surface area contributed by atoms with Crippen LogP contribution >= 0.6 is 0 Å². The number of benzene rings is 1. The topological polar surface area (TPSA) is 58.2 Å². The van der Waals surface area contributed by atoms with Gasteiger partial charge in [0.05, 0.1) is 19.0 Å². The monoisotopic (exact) mass is 324 g/mol. The second-order valence-corrected chi connectivity index (χ2v) is 5.58. The van der Waals surface area contributed by atoms with E-state index in [-0.39, 0.29) is 36.7 Å². The van der Waals surface area contributed by atoms with E-state index in [1.54, 1.807) is 0 Å². The molecule has 0 saturated heterocycles. The second-order valence-electron chi connectivity index (χ2n) is 5.58. The Labute approximate surface area is 144 Å².